The molecule has 1 aromatic carbocycles. The summed E-state index contributed by atoms with van der Waals surface area (Å²) in [5, 5.41) is 13.6. The molecule has 0 aliphatic carbocycles. The molecule has 0 spiro atoms. The predicted octanol–water partition coefficient (Wildman–Crippen LogP) is 0.0820. The zero-order chi connectivity index (χ0) is 14.5. The van der Waals surface area contributed by atoms with Crippen molar-refractivity contribution in [3.63, 3.8) is 0 Å². The molecular weight excluding hydrogens is 254 g/mol. The maximum atomic E-state index is 12.2. The molecular formula is C15H23N3O2. The number of carbonyl (C=O) groups excluding carboxylic acids is 1. The van der Waals surface area contributed by atoms with Gasteiger partial charge in [-0.3, -0.25) is 9.69 Å². The van der Waals surface area contributed by atoms with Crippen LogP contribution in [0.15, 0.2) is 30.3 Å². The summed E-state index contributed by atoms with van der Waals surface area (Å²) < 4.78 is 0. The van der Waals surface area contributed by atoms with Gasteiger partial charge in [0.25, 0.3) is 0 Å². The minimum absolute atomic E-state index is 0.0810. The highest BCUT2D eigenvalue weighted by atomic mass is 16.3. The highest BCUT2D eigenvalue weighted by molar-refractivity contribution is 5.81. The van der Waals surface area contributed by atoms with E-state index in [0.717, 1.165) is 18.7 Å². The molecule has 1 aliphatic rings. The van der Waals surface area contributed by atoms with Crippen molar-refractivity contribution >= 4 is 5.91 Å². The Morgan fingerprint density at radius 3 is 2.80 bits per heavy atom. The van der Waals surface area contributed by atoms with E-state index in [1.165, 1.54) is 0 Å². The third-order valence-electron chi connectivity index (χ3n) is 3.67. The topological polar surface area (TPSA) is 55.8 Å². The number of nitrogens with zero attached hydrogens (tertiary/aromatic N) is 2. The second-order valence-electron chi connectivity index (χ2n) is 5.37. The summed E-state index contributed by atoms with van der Waals surface area (Å²) in [6.45, 7) is 2.74. The zero-order valence-corrected chi connectivity index (χ0v) is 12.1. The van der Waals surface area contributed by atoms with Crippen molar-refractivity contribution in [3.8, 4) is 0 Å². The summed E-state index contributed by atoms with van der Waals surface area (Å²) in [4.78, 5) is 15.9. The molecule has 0 bridgehead atoms. The summed E-state index contributed by atoms with van der Waals surface area (Å²) in [6.07, 6.45) is -0.563. The standard InChI is InChI=1S/C15H23N3O2/c1-17(2)15(20)13-10-16-8-9-18(13)11-14(19)12-6-4-3-5-7-12/h3-7,13-14,16,19H,8-11H2,1-2H3. The molecule has 0 radical (unpaired) electrons. The van der Waals surface area contributed by atoms with Gasteiger partial charge in [-0.2, -0.15) is 0 Å². The number of likely N-dealkylation sites (N-methyl/N-ethyl adjacent to an activating group) is 1. The van der Waals surface area contributed by atoms with Gasteiger partial charge in [0.05, 0.1) is 6.10 Å². The molecule has 5 heteroatoms. The lowest BCUT2D eigenvalue weighted by atomic mass is 10.1. The van der Waals surface area contributed by atoms with Crippen LogP contribution in [0.2, 0.25) is 0 Å². The molecule has 1 aliphatic heterocycles. The van der Waals surface area contributed by atoms with Gasteiger partial charge in [-0.05, 0) is 5.56 Å². The molecule has 2 atom stereocenters. The Balaban J connectivity index is 2.03. The van der Waals surface area contributed by atoms with Crippen molar-refractivity contribution < 1.29 is 9.90 Å². The average Bonchev–Trinajstić information content (AvgIpc) is 2.48. The number of hydrogen-bond donors (Lipinski definition) is 2. The first kappa shape index (κ1) is 15.0. The van der Waals surface area contributed by atoms with E-state index in [4.69, 9.17) is 0 Å². The number of β-amino-alcohol motifs (C(OH)–C–C–N with tert-alkyl or cyclic N) is 1. The van der Waals surface area contributed by atoms with Gasteiger partial charge in [0.1, 0.15) is 6.04 Å². The smallest absolute Gasteiger partial charge is 0.240 e. The number of piperazine rings is 1. The molecule has 110 valence electrons. The van der Waals surface area contributed by atoms with Crippen LogP contribution in [0.25, 0.3) is 0 Å². The van der Waals surface area contributed by atoms with Crippen molar-refractivity contribution in [2.75, 3.05) is 40.3 Å². The number of hydrogen-bond acceptors (Lipinski definition) is 4. The SMILES string of the molecule is CN(C)C(=O)C1CNCCN1CC(O)c1ccccc1. The molecule has 1 fully saturated rings. The normalized spacial score (nSPS) is 21.4. The van der Waals surface area contributed by atoms with Crippen LogP contribution < -0.4 is 5.32 Å². The number of benzene rings is 1. The second-order valence-corrected chi connectivity index (χ2v) is 5.37. The summed E-state index contributed by atoms with van der Waals surface area (Å²) in [6, 6.07) is 9.39. The summed E-state index contributed by atoms with van der Waals surface area (Å²) in [5.74, 6) is 0.0810. The van der Waals surface area contributed by atoms with Crippen molar-refractivity contribution in [1.82, 2.24) is 15.1 Å². The third kappa shape index (κ3) is 3.56. The highest BCUT2D eigenvalue weighted by Crippen LogP contribution is 2.16. The summed E-state index contributed by atoms with van der Waals surface area (Å²) in [5.41, 5.74) is 0.891. The maximum absolute atomic E-state index is 12.2. The van der Waals surface area contributed by atoms with E-state index in [1.807, 2.05) is 30.3 Å². The first-order chi connectivity index (χ1) is 9.59. The molecule has 1 heterocycles. The fourth-order valence-corrected chi connectivity index (χ4v) is 2.51. The Morgan fingerprint density at radius 1 is 1.45 bits per heavy atom. The Kier molecular flexibility index (Phi) is 5.11. The maximum Gasteiger partial charge on any atom is 0.240 e. The van der Waals surface area contributed by atoms with Crippen molar-refractivity contribution in [2.45, 2.75) is 12.1 Å². The summed E-state index contributed by atoms with van der Waals surface area (Å²) in [7, 11) is 3.53. The minimum atomic E-state index is -0.563. The molecule has 2 rings (SSSR count). The van der Waals surface area contributed by atoms with E-state index in [2.05, 4.69) is 10.2 Å². The van der Waals surface area contributed by atoms with Crippen LogP contribution in [0.5, 0.6) is 0 Å². The lowest BCUT2D eigenvalue weighted by Gasteiger charge is -2.37. The Bertz CT molecular complexity index is 436. The van der Waals surface area contributed by atoms with Gasteiger partial charge >= 0.3 is 0 Å². The van der Waals surface area contributed by atoms with Gasteiger partial charge in [0.2, 0.25) is 5.91 Å². The van der Waals surface area contributed by atoms with Gasteiger partial charge in [0.15, 0.2) is 0 Å². The molecule has 1 aromatic rings. The number of rotatable bonds is 4. The van der Waals surface area contributed by atoms with Crippen LogP contribution in [0.3, 0.4) is 0 Å². The predicted molar refractivity (Wildman–Crippen MR) is 78.3 cm³/mol. The molecule has 20 heavy (non-hydrogen) atoms. The van der Waals surface area contributed by atoms with Gasteiger partial charge in [0, 0.05) is 40.3 Å². The molecule has 1 saturated heterocycles. The minimum Gasteiger partial charge on any atom is -0.387 e. The van der Waals surface area contributed by atoms with Crippen molar-refractivity contribution in [2.24, 2.45) is 0 Å². The van der Waals surface area contributed by atoms with Crippen LogP contribution in [-0.4, -0.2) is 67.1 Å². The lowest BCUT2D eigenvalue weighted by molar-refractivity contribution is -0.135. The number of aliphatic hydroxyl groups excluding tert-OH is 1. The van der Waals surface area contributed by atoms with Gasteiger partial charge < -0.3 is 15.3 Å². The second kappa shape index (κ2) is 6.83. The number of nitrogens with one attached hydrogen (secondary N) is 1. The zero-order valence-electron chi connectivity index (χ0n) is 12.1. The average molecular weight is 277 g/mol. The molecule has 5 nitrogen and oxygen atoms in total. The van der Waals surface area contributed by atoms with E-state index in [0.29, 0.717) is 13.1 Å². The largest absolute Gasteiger partial charge is 0.387 e. The Hall–Kier alpha value is -1.43. The fraction of sp³-hybridized carbons (Fsp3) is 0.533. The fourth-order valence-electron chi connectivity index (χ4n) is 2.51. The van der Waals surface area contributed by atoms with Crippen LogP contribution in [0, 0.1) is 0 Å². The van der Waals surface area contributed by atoms with E-state index >= 15 is 0 Å². The molecule has 0 saturated carbocycles. The summed E-state index contributed by atoms with van der Waals surface area (Å²) >= 11 is 0. The monoisotopic (exact) mass is 277 g/mol. The number of aliphatic hydroxyl groups is 1. The van der Waals surface area contributed by atoms with Crippen LogP contribution >= 0.6 is 0 Å². The van der Waals surface area contributed by atoms with Crippen molar-refractivity contribution in [1.29, 1.82) is 0 Å². The van der Waals surface area contributed by atoms with Gasteiger partial charge in [-0.1, -0.05) is 30.3 Å². The first-order valence-electron chi connectivity index (χ1n) is 6.98. The number of amides is 1. The van der Waals surface area contributed by atoms with Crippen LogP contribution in [-0.2, 0) is 4.79 Å². The highest BCUT2D eigenvalue weighted by Gasteiger charge is 2.30. The van der Waals surface area contributed by atoms with E-state index in [1.54, 1.807) is 19.0 Å². The quantitative estimate of drug-likeness (QED) is 0.818. The first-order valence-corrected chi connectivity index (χ1v) is 6.98. The van der Waals surface area contributed by atoms with Crippen LogP contribution in [0.4, 0.5) is 0 Å². The molecule has 2 N–H and O–H groups in total. The van der Waals surface area contributed by atoms with Crippen molar-refractivity contribution in [3.05, 3.63) is 35.9 Å². The van der Waals surface area contributed by atoms with E-state index in [9.17, 15) is 9.90 Å². The molecule has 1 amide bonds. The van der Waals surface area contributed by atoms with E-state index in [-0.39, 0.29) is 11.9 Å². The Morgan fingerprint density at radius 2 is 2.15 bits per heavy atom. The number of carbonyl (C=O) groups is 1. The Labute approximate surface area is 120 Å². The van der Waals surface area contributed by atoms with Gasteiger partial charge in [-0.15, -0.1) is 0 Å². The third-order valence-corrected chi connectivity index (χ3v) is 3.67. The van der Waals surface area contributed by atoms with Crippen LogP contribution in [0.1, 0.15) is 11.7 Å². The van der Waals surface area contributed by atoms with E-state index < -0.39 is 6.10 Å². The molecule has 0 aromatic heterocycles. The van der Waals surface area contributed by atoms with Gasteiger partial charge in [-0.25, -0.2) is 0 Å². The molecule has 2 unspecified atom stereocenters. The lowest BCUT2D eigenvalue weighted by Crippen LogP contribution is -2.58.